The molecule has 0 saturated carbocycles. The van der Waals surface area contributed by atoms with Crippen LogP contribution in [0, 0.1) is 12.7 Å². The normalized spacial score (nSPS) is 10.6. The van der Waals surface area contributed by atoms with E-state index in [1.807, 2.05) is 42.6 Å². The number of thiophene rings is 1. The van der Waals surface area contributed by atoms with Crippen molar-refractivity contribution in [1.82, 2.24) is 9.80 Å². The first-order chi connectivity index (χ1) is 16.4. The molecule has 178 valence electrons. The third-order valence-corrected chi connectivity index (χ3v) is 6.50. The van der Waals surface area contributed by atoms with Crippen molar-refractivity contribution in [1.29, 1.82) is 0 Å². The Kier molecular flexibility index (Phi) is 8.99. The van der Waals surface area contributed by atoms with Gasteiger partial charge in [-0.1, -0.05) is 37.3 Å². The Bertz CT molecular complexity index is 1130. The number of benzene rings is 2. The van der Waals surface area contributed by atoms with E-state index in [0.717, 1.165) is 28.0 Å². The molecule has 1 aromatic heterocycles. The van der Waals surface area contributed by atoms with Gasteiger partial charge in [0.15, 0.2) is 0 Å². The highest BCUT2D eigenvalue weighted by atomic mass is 32.1. The average molecular weight is 480 g/mol. The molecular formula is C27H30FN3O2S. The summed E-state index contributed by atoms with van der Waals surface area (Å²) in [7, 11) is 0. The number of nitrogens with zero attached hydrogens (tertiary/aromatic N) is 2. The maximum absolute atomic E-state index is 13.4. The first-order valence-corrected chi connectivity index (χ1v) is 12.1. The number of aryl methyl sites for hydroxylation is 2. The number of rotatable bonds is 10. The Labute approximate surface area is 204 Å². The number of anilines is 1. The van der Waals surface area contributed by atoms with E-state index in [2.05, 4.69) is 18.8 Å². The number of halogens is 1. The van der Waals surface area contributed by atoms with Crippen molar-refractivity contribution >= 4 is 29.0 Å². The highest BCUT2D eigenvalue weighted by molar-refractivity contribution is 7.10. The third-order valence-electron chi connectivity index (χ3n) is 5.49. The molecule has 1 N–H and O–H groups in total. The maximum atomic E-state index is 13.4. The molecule has 0 atom stereocenters. The van der Waals surface area contributed by atoms with Crippen LogP contribution in [-0.2, 0) is 24.3 Å². The highest BCUT2D eigenvalue weighted by Gasteiger charge is 2.22. The molecule has 7 heteroatoms. The second kappa shape index (κ2) is 12.1. The minimum atomic E-state index is -0.365. The summed E-state index contributed by atoms with van der Waals surface area (Å²) in [5, 5.41) is 4.88. The molecule has 34 heavy (non-hydrogen) atoms. The molecule has 0 spiro atoms. The molecule has 1 heterocycles. The fourth-order valence-corrected chi connectivity index (χ4v) is 4.41. The minimum Gasteiger partial charge on any atom is -0.332 e. The van der Waals surface area contributed by atoms with E-state index < -0.39 is 0 Å². The van der Waals surface area contributed by atoms with Crippen LogP contribution in [-0.4, -0.2) is 34.8 Å². The number of nitrogens with one attached hydrogen (secondary N) is 1. The Morgan fingerprint density at radius 1 is 1.06 bits per heavy atom. The predicted molar refractivity (Wildman–Crippen MR) is 136 cm³/mol. The van der Waals surface area contributed by atoms with Crippen LogP contribution in [0.3, 0.4) is 0 Å². The SMILES string of the molecule is C=CCN(CC(=O)N(Cc1ccc(F)cc1)Cc1sccc1C)C(=O)Nc1cccc(CC)c1. The van der Waals surface area contributed by atoms with Gasteiger partial charge in [-0.3, -0.25) is 4.79 Å². The van der Waals surface area contributed by atoms with Crippen LogP contribution < -0.4 is 5.32 Å². The summed E-state index contributed by atoms with van der Waals surface area (Å²) in [6.07, 6.45) is 2.46. The smallest absolute Gasteiger partial charge is 0.322 e. The van der Waals surface area contributed by atoms with Gasteiger partial charge in [0.1, 0.15) is 12.4 Å². The molecular weight excluding hydrogens is 449 g/mol. The van der Waals surface area contributed by atoms with Gasteiger partial charge in [-0.05, 0) is 65.7 Å². The van der Waals surface area contributed by atoms with Crippen LogP contribution in [0.2, 0.25) is 0 Å². The van der Waals surface area contributed by atoms with Crippen molar-refractivity contribution in [3.05, 3.63) is 100 Å². The predicted octanol–water partition coefficient (Wildman–Crippen LogP) is 6.01. The van der Waals surface area contributed by atoms with Crippen molar-refractivity contribution < 1.29 is 14.0 Å². The first-order valence-electron chi connectivity index (χ1n) is 11.2. The van der Waals surface area contributed by atoms with Crippen LogP contribution in [0.5, 0.6) is 0 Å². The van der Waals surface area contributed by atoms with Gasteiger partial charge in [0.05, 0.1) is 6.54 Å². The van der Waals surface area contributed by atoms with Gasteiger partial charge < -0.3 is 15.1 Å². The Hall–Kier alpha value is -3.45. The lowest BCUT2D eigenvalue weighted by Gasteiger charge is -2.27. The lowest BCUT2D eigenvalue weighted by molar-refractivity contribution is -0.132. The van der Waals surface area contributed by atoms with Gasteiger partial charge in [-0.2, -0.15) is 0 Å². The summed E-state index contributed by atoms with van der Waals surface area (Å²) in [6.45, 7) is 8.66. The van der Waals surface area contributed by atoms with Gasteiger partial charge in [0, 0.05) is 23.7 Å². The number of amides is 3. The number of carbonyl (C=O) groups excluding carboxylic acids is 2. The minimum absolute atomic E-state index is 0.100. The van der Waals surface area contributed by atoms with E-state index in [1.165, 1.54) is 17.0 Å². The van der Waals surface area contributed by atoms with Crippen LogP contribution in [0.15, 0.2) is 72.6 Å². The average Bonchev–Trinajstić information content (AvgIpc) is 3.24. The van der Waals surface area contributed by atoms with Gasteiger partial charge in [0.25, 0.3) is 0 Å². The van der Waals surface area contributed by atoms with Crippen molar-refractivity contribution in [2.24, 2.45) is 0 Å². The van der Waals surface area contributed by atoms with Crippen LogP contribution in [0.4, 0.5) is 14.9 Å². The van der Waals surface area contributed by atoms with E-state index in [0.29, 0.717) is 18.8 Å². The fourth-order valence-electron chi connectivity index (χ4n) is 3.49. The zero-order valence-electron chi connectivity index (χ0n) is 19.6. The number of hydrogen-bond donors (Lipinski definition) is 1. The molecule has 0 aliphatic heterocycles. The summed E-state index contributed by atoms with van der Waals surface area (Å²) in [6, 6.07) is 15.4. The summed E-state index contributed by atoms with van der Waals surface area (Å²) >= 11 is 1.59. The molecule has 0 unspecified atom stereocenters. The summed E-state index contributed by atoms with van der Waals surface area (Å²) in [4.78, 5) is 30.6. The number of carbonyl (C=O) groups is 2. The van der Waals surface area contributed by atoms with Crippen molar-refractivity contribution in [2.75, 3.05) is 18.4 Å². The van der Waals surface area contributed by atoms with Crippen LogP contribution in [0.25, 0.3) is 0 Å². The van der Waals surface area contributed by atoms with Gasteiger partial charge >= 0.3 is 6.03 Å². The Morgan fingerprint density at radius 2 is 1.82 bits per heavy atom. The molecule has 0 aliphatic carbocycles. The number of hydrogen-bond acceptors (Lipinski definition) is 3. The Morgan fingerprint density at radius 3 is 2.47 bits per heavy atom. The second-order valence-electron chi connectivity index (χ2n) is 8.06. The summed E-state index contributed by atoms with van der Waals surface area (Å²) in [5.74, 6) is -0.520. The molecule has 3 rings (SSSR count). The monoisotopic (exact) mass is 479 g/mol. The first kappa shape index (κ1) is 25.2. The quantitative estimate of drug-likeness (QED) is 0.362. The topological polar surface area (TPSA) is 52.7 Å². The molecule has 2 aromatic carbocycles. The highest BCUT2D eigenvalue weighted by Crippen LogP contribution is 2.20. The molecule has 0 fully saturated rings. The van der Waals surface area contributed by atoms with Crippen LogP contribution in [0.1, 0.15) is 28.5 Å². The molecule has 3 amide bonds. The van der Waals surface area contributed by atoms with E-state index in [1.54, 1.807) is 34.4 Å². The largest absolute Gasteiger partial charge is 0.332 e. The van der Waals surface area contributed by atoms with Crippen molar-refractivity contribution in [2.45, 2.75) is 33.4 Å². The van der Waals surface area contributed by atoms with Gasteiger partial charge in [0.2, 0.25) is 5.91 Å². The van der Waals surface area contributed by atoms with E-state index in [4.69, 9.17) is 0 Å². The molecule has 5 nitrogen and oxygen atoms in total. The lowest BCUT2D eigenvalue weighted by atomic mass is 10.1. The van der Waals surface area contributed by atoms with E-state index in [9.17, 15) is 14.0 Å². The van der Waals surface area contributed by atoms with Gasteiger partial charge in [-0.15, -0.1) is 17.9 Å². The third kappa shape index (κ3) is 7.02. The molecule has 0 saturated heterocycles. The fraction of sp³-hybridized carbons (Fsp3) is 0.259. The Balaban J connectivity index is 1.76. The molecule has 0 aliphatic rings. The summed E-state index contributed by atoms with van der Waals surface area (Å²) in [5.41, 5.74) is 3.72. The molecule has 3 aromatic rings. The van der Waals surface area contributed by atoms with Crippen LogP contribution >= 0.6 is 11.3 Å². The standard InChI is InChI=1S/C27H30FN3O2S/c1-4-14-30(27(33)29-24-8-6-7-21(5-2)16-24)19-26(32)31(18-25-20(3)13-15-34-25)17-22-9-11-23(28)12-10-22/h4,6-13,15-16H,1,5,14,17-19H2,2-3H3,(H,29,33). The second-order valence-corrected chi connectivity index (χ2v) is 9.06. The number of urea groups is 1. The van der Waals surface area contributed by atoms with E-state index >= 15 is 0 Å². The van der Waals surface area contributed by atoms with Crippen molar-refractivity contribution in [3.8, 4) is 0 Å². The lowest BCUT2D eigenvalue weighted by Crippen LogP contribution is -2.44. The zero-order chi connectivity index (χ0) is 24.5. The zero-order valence-corrected chi connectivity index (χ0v) is 20.4. The van der Waals surface area contributed by atoms with E-state index in [-0.39, 0.29) is 30.8 Å². The summed E-state index contributed by atoms with van der Waals surface area (Å²) < 4.78 is 13.4. The molecule has 0 radical (unpaired) electrons. The van der Waals surface area contributed by atoms with Gasteiger partial charge in [-0.25, -0.2) is 9.18 Å². The maximum Gasteiger partial charge on any atom is 0.322 e. The van der Waals surface area contributed by atoms with Crippen molar-refractivity contribution in [3.63, 3.8) is 0 Å². The molecule has 0 bridgehead atoms.